The van der Waals surface area contributed by atoms with E-state index in [1.807, 2.05) is 11.8 Å². The molecule has 0 spiro atoms. The number of fused-ring (bicyclic) bond motifs is 1. The van der Waals surface area contributed by atoms with Crippen LogP contribution in [0.5, 0.6) is 0 Å². The van der Waals surface area contributed by atoms with Gasteiger partial charge in [-0.25, -0.2) is 9.18 Å². The fourth-order valence-corrected chi connectivity index (χ4v) is 4.78. The van der Waals surface area contributed by atoms with Gasteiger partial charge < -0.3 is 16.0 Å². The standard InChI is InChI=1S/C16H19ClFN3O2S/c17-9-5-6-11(10(18)7-9)19-14(22)4-2-1-3-13-15-12(8-24-13)20-16(23)21-15/h5-7,12-13,15H,1-4,8H2,(H,19,22)(H2,20,21,23)/t12-,13+,15-/m1/s1. The molecule has 1 aromatic rings. The summed E-state index contributed by atoms with van der Waals surface area (Å²) < 4.78 is 13.6. The third-order valence-electron chi connectivity index (χ3n) is 4.29. The van der Waals surface area contributed by atoms with Gasteiger partial charge in [0, 0.05) is 22.4 Å². The molecule has 2 aliphatic rings. The number of carbonyl (C=O) groups excluding carboxylic acids is 2. The van der Waals surface area contributed by atoms with Crippen molar-refractivity contribution in [2.45, 2.75) is 43.0 Å². The summed E-state index contributed by atoms with van der Waals surface area (Å²) in [6.45, 7) is 0. The van der Waals surface area contributed by atoms with Crippen LogP contribution in [-0.4, -0.2) is 35.0 Å². The van der Waals surface area contributed by atoms with Crippen molar-refractivity contribution in [2.24, 2.45) is 0 Å². The van der Waals surface area contributed by atoms with Gasteiger partial charge in [0.25, 0.3) is 0 Å². The average Bonchev–Trinajstić information content (AvgIpc) is 3.06. The number of unbranched alkanes of at least 4 members (excludes halogenated alkanes) is 1. The van der Waals surface area contributed by atoms with Crippen LogP contribution in [0.4, 0.5) is 14.9 Å². The minimum atomic E-state index is -0.534. The van der Waals surface area contributed by atoms with E-state index in [0.29, 0.717) is 16.7 Å². The van der Waals surface area contributed by atoms with Crippen molar-refractivity contribution >= 4 is 41.0 Å². The van der Waals surface area contributed by atoms with Crippen LogP contribution in [-0.2, 0) is 4.79 Å². The zero-order valence-electron chi connectivity index (χ0n) is 13.0. The number of hydrogen-bond donors (Lipinski definition) is 3. The predicted octanol–water partition coefficient (Wildman–Crippen LogP) is 3.14. The molecule has 0 aliphatic carbocycles. The topological polar surface area (TPSA) is 70.2 Å². The number of halogens is 2. The summed E-state index contributed by atoms with van der Waals surface area (Å²) in [6, 6.07) is 4.51. The van der Waals surface area contributed by atoms with Gasteiger partial charge in [0.05, 0.1) is 17.8 Å². The van der Waals surface area contributed by atoms with Gasteiger partial charge in [-0.2, -0.15) is 11.8 Å². The SMILES string of the molecule is O=C(CCCC[C@@H]1SC[C@H]2NC(=O)N[C@@H]12)Nc1ccc(Cl)cc1F. The first kappa shape index (κ1) is 17.4. The van der Waals surface area contributed by atoms with Gasteiger partial charge in [0.1, 0.15) is 5.82 Å². The Labute approximate surface area is 149 Å². The Morgan fingerprint density at radius 2 is 2.21 bits per heavy atom. The van der Waals surface area contributed by atoms with Crippen molar-refractivity contribution in [3.63, 3.8) is 0 Å². The Bertz CT molecular complexity index is 646. The highest BCUT2D eigenvalue weighted by atomic mass is 35.5. The molecule has 0 radical (unpaired) electrons. The van der Waals surface area contributed by atoms with Crippen LogP contribution >= 0.6 is 23.4 Å². The summed E-state index contributed by atoms with van der Waals surface area (Å²) in [5.74, 6) is 0.197. The van der Waals surface area contributed by atoms with E-state index in [1.165, 1.54) is 18.2 Å². The monoisotopic (exact) mass is 371 g/mol. The number of urea groups is 1. The molecule has 2 fully saturated rings. The maximum atomic E-state index is 13.6. The van der Waals surface area contributed by atoms with Crippen molar-refractivity contribution in [2.75, 3.05) is 11.1 Å². The fourth-order valence-electron chi connectivity index (χ4n) is 3.08. The Morgan fingerprint density at radius 3 is 3.00 bits per heavy atom. The fraction of sp³-hybridized carbons (Fsp3) is 0.500. The first-order chi connectivity index (χ1) is 11.5. The summed E-state index contributed by atoms with van der Waals surface area (Å²) in [7, 11) is 0. The van der Waals surface area contributed by atoms with Crippen LogP contribution in [0.1, 0.15) is 25.7 Å². The van der Waals surface area contributed by atoms with E-state index in [4.69, 9.17) is 11.6 Å². The first-order valence-electron chi connectivity index (χ1n) is 7.96. The minimum absolute atomic E-state index is 0.0836. The molecule has 2 heterocycles. The molecular weight excluding hydrogens is 353 g/mol. The van der Waals surface area contributed by atoms with Crippen molar-refractivity contribution < 1.29 is 14.0 Å². The highest BCUT2D eigenvalue weighted by Gasteiger charge is 2.42. The maximum Gasteiger partial charge on any atom is 0.315 e. The number of anilines is 1. The number of nitrogens with one attached hydrogen (secondary N) is 3. The molecule has 0 bridgehead atoms. The van der Waals surface area contributed by atoms with Gasteiger partial charge >= 0.3 is 6.03 Å². The number of hydrogen-bond acceptors (Lipinski definition) is 3. The minimum Gasteiger partial charge on any atom is -0.332 e. The van der Waals surface area contributed by atoms with Gasteiger partial charge in [-0.05, 0) is 31.0 Å². The molecule has 3 rings (SSSR count). The van der Waals surface area contributed by atoms with E-state index >= 15 is 0 Å². The van der Waals surface area contributed by atoms with Crippen LogP contribution < -0.4 is 16.0 Å². The lowest BCUT2D eigenvalue weighted by atomic mass is 10.0. The first-order valence-corrected chi connectivity index (χ1v) is 9.39. The summed E-state index contributed by atoms with van der Waals surface area (Å²) in [6.07, 6.45) is 2.93. The molecule has 1 aromatic carbocycles. The van der Waals surface area contributed by atoms with E-state index in [1.54, 1.807) is 0 Å². The van der Waals surface area contributed by atoms with Crippen molar-refractivity contribution in [1.29, 1.82) is 0 Å². The Morgan fingerprint density at radius 1 is 1.38 bits per heavy atom. The van der Waals surface area contributed by atoms with Crippen LogP contribution in [0.3, 0.4) is 0 Å². The molecule has 130 valence electrons. The second kappa shape index (κ2) is 7.61. The van der Waals surface area contributed by atoms with Crippen molar-refractivity contribution in [3.8, 4) is 0 Å². The van der Waals surface area contributed by atoms with E-state index < -0.39 is 5.82 Å². The molecule has 3 amide bonds. The second-order valence-corrected chi connectivity index (χ2v) is 7.75. The molecule has 3 N–H and O–H groups in total. The third kappa shape index (κ3) is 4.13. The number of rotatable bonds is 6. The van der Waals surface area contributed by atoms with Crippen LogP contribution in [0.2, 0.25) is 5.02 Å². The van der Waals surface area contributed by atoms with E-state index in [9.17, 15) is 14.0 Å². The molecule has 0 unspecified atom stereocenters. The molecule has 0 aromatic heterocycles. The highest BCUT2D eigenvalue weighted by molar-refractivity contribution is 8.00. The van der Waals surface area contributed by atoms with E-state index in [0.717, 1.165) is 25.0 Å². The van der Waals surface area contributed by atoms with E-state index in [2.05, 4.69) is 16.0 Å². The van der Waals surface area contributed by atoms with Crippen molar-refractivity contribution in [1.82, 2.24) is 10.6 Å². The maximum absolute atomic E-state index is 13.6. The number of benzene rings is 1. The van der Waals surface area contributed by atoms with Gasteiger partial charge in [-0.3, -0.25) is 4.79 Å². The number of amides is 3. The zero-order chi connectivity index (χ0) is 17.1. The van der Waals surface area contributed by atoms with Crippen molar-refractivity contribution in [3.05, 3.63) is 29.0 Å². The van der Waals surface area contributed by atoms with Crippen LogP contribution in [0.15, 0.2) is 18.2 Å². The molecule has 2 saturated heterocycles. The molecule has 8 heteroatoms. The molecule has 2 aliphatic heterocycles. The number of thioether (sulfide) groups is 1. The molecule has 0 saturated carbocycles. The van der Waals surface area contributed by atoms with Gasteiger partial charge in [0.2, 0.25) is 5.91 Å². The summed E-state index contributed by atoms with van der Waals surface area (Å²) >= 11 is 7.54. The average molecular weight is 372 g/mol. The van der Waals surface area contributed by atoms with Gasteiger partial charge in [0.15, 0.2) is 0 Å². The summed E-state index contributed by atoms with van der Waals surface area (Å²) in [5, 5.41) is 9.12. The lowest BCUT2D eigenvalue weighted by Crippen LogP contribution is -2.36. The molecule has 3 atom stereocenters. The Kier molecular flexibility index (Phi) is 5.50. The van der Waals surface area contributed by atoms with Gasteiger partial charge in [-0.1, -0.05) is 18.0 Å². The van der Waals surface area contributed by atoms with Crippen LogP contribution in [0, 0.1) is 5.82 Å². The predicted molar refractivity (Wildman–Crippen MR) is 94.0 cm³/mol. The summed E-state index contributed by atoms with van der Waals surface area (Å²) in [5.41, 5.74) is 0.151. The molecule has 24 heavy (non-hydrogen) atoms. The number of carbonyl (C=O) groups is 2. The van der Waals surface area contributed by atoms with Crippen LogP contribution in [0.25, 0.3) is 0 Å². The zero-order valence-corrected chi connectivity index (χ0v) is 14.6. The highest BCUT2D eigenvalue weighted by Crippen LogP contribution is 2.33. The lowest BCUT2D eigenvalue weighted by molar-refractivity contribution is -0.116. The smallest absolute Gasteiger partial charge is 0.315 e. The lowest BCUT2D eigenvalue weighted by Gasteiger charge is -2.16. The third-order valence-corrected chi connectivity index (χ3v) is 6.03. The Hall–Kier alpha value is -1.47. The Balaban J connectivity index is 1.37. The normalized spacial score (nSPS) is 25.1. The van der Waals surface area contributed by atoms with E-state index in [-0.39, 0.29) is 29.7 Å². The molecular formula is C16H19ClFN3O2S. The quantitative estimate of drug-likeness (QED) is 0.531. The summed E-state index contributed by atoms with van der Waals surface area (Å²) in [4.78, 5) is 23.2. The van der Waals surface area contributed by atoms with Gasteiger partial charge in [-0.15, -0.1) is 0 Å². The largest absolute Gasteiger partial charge is 0.332 e. The molecule has 5 nitrogen and oxygen atoms in total. The second-order valence-electron chi connectivity index (χ2n) is 6.04.